The summed E-state index contributed by atoms with van der Waals surface area (Å²) >= 11 is 5.74. The Morgan fingerprint density at radius 1 is 1.67 bits per heavy atom. The van der Waals surface area contributed by atoms with Crippen LogP contribution in [-0.4, -0.2) is 9.78 Å². The molecule has 0 aliphatic carbocycles. The van der Waals surface area contributed by atoms with E-state index in [1.54, 1.807) is 12.4 Å². The molecule has 0 amide bonds. The van der Waals surface area contributed by atoms with Crippen molar-refractivity contribution in [3.63, 3.8) is 0 Å². The molecule has 0 atom stereocenters. The summed E-state index contributed by atoms with van der Waals surface area (Å²) in [7, 11) is 0. The van der Waals surface area contributed by atoms with Gasteiger partial charge in [-0.25, -0.2) is 4.68 Å². The van der Waals surface area contributed by atoms with Crippen molar-refractivity contribution < 1.29 is 0 Å². The van der Waals surface area contributed by atoms with Crippen molar-refractivity contribution in [3.8, 4) is 0 Å². The third kappa shape index (κ3) is 3.09. The SMILES string of the molecule is C=Cn1ncc(C)c1Cl.CCC. The molecular weight excluding hydrogens is 172 g/mol. The molecule has 68 valence electrons. The highest BCUT2D eigenvalue weighted by Crippen LogP contribution is 2.12. The smallest absolute Gasteiger partial charge is 0.135 e. The number of aryl methyl sites for hydroxylation is 1. The number of halogens is 1. The van der Waals surface area contributed by atoms with Crippen LogP contribution in [-0.2, 0) is 0 Å². The van der Waals surface area contributed by atoms with Crippen LogP contribution < -0.4 is 0 Å². The fourth-order valence-electron chi connectivity index (χ4n) is 0.561. The van der Waals surface area contributed by atoms with E-state index in [0.717, 1.165) is 5.56 Å². The predicted octanol–water partition coefficient (Wildman–Crippen LogP) is 3.36. The molecule has 0 aliphatic rings. The molecule has 0 N–H and O–H groups in total. The first-order chi connectivity index (χ1) is 5.67. The molecule has 1 heterocycles. The number of aromatic nitrogens is 2. The van der Waals surface area contributed by atoms with E-state index in [9.17, 15) is 0 Å². The second kappa shape index (κ2) is 5.84. The van der Waals surface area contributed by atoms with E-state index in [-0.39, 0.29) is 0 Å². The largest absolute Gasteiger partial charge is 0.230 e. The number of nitrogens with zero attached hydrogens (tertiary/aromatic N) is 2. The first kappa shape index (κ1) is 11.2. The van der Waals surface area contributed by atoms with Gasteiger partial charge in [-0.15, -0.1) is 0 Å². The van der Waals surface area contributed by atoms with Crippen molar-refractivity contribution in [3.05, 3.63) is 23.5 Å². The van der Waals surface area contributed by atoms with Gasteiger partial charge < -0.3 is 0 Å². The van der Waals surface area contributed by atoms with E-state index in [0.29, 0.717) is 5.15 Å². The van der Waals surface area contributed by atoms with Crippen LogP contribution in [0.5, 0.6) is 0 Å². The first-order valence-corrected chi connectivity index (χ1v) is 4.37. The molecule has 3 heteroatoms. The van der Waals surface area contributed by atoms with Crippen molar-refractivity contribution in [1.82, 2.24) is 9.78 Å². The Bertz CT molecular complexity index is 241. The normalized spacial score (nSPS) is 8.67. The lowest BCUT2D eigenvalue weighted by molar-refractivity contribution is 0.937. The number of hydrogen-bond donors (Lipinski definition) is 0. The fourth-order valence-corrected chi connectivity index (χ4v) is 0.722. The Hall–Kier alpha value is -0.760. The summed E-state index contributed by atoms with van der Waals surface area (Å²) in [5.74, 6) is 0. The van der Waals surface area contributed by atoms with Gasteiger partial charge in [0.25, 0.3) is 0 Å². The lowest BCUT2D eigenvalue weighted by Gasteiger charge is -1.89. The average Bonchev–Trinajstić information content (AvgIpc) is 2.35. The standard InChI is InChI=1S/C6H7ClN2.C3H8/c1-3-9-6(7)5(2)4-8-9;1-3-2/h3-4H,1H2,2H3;3H2,1-2H3. The fraction of sp³-hybridized carbons (Fsp3) is 0.444. The topological polar surface area (TPSA) is 17.8 Å². The minimum absolute atomic E-state index is 0.630. The molecule has 0 fully saturated rings. The second-order valence-corrected chi connectivity index (χ2v) is 2.81. The molecule has 0 saturated heterocycles. The van der Waals surface area contributed by atoms with Gasteiger partial charge in [0, 0.05) is 11.8 Å². The van der Waals surface area contributed by atoms with Gasteiger partial charge in [-0.3, -0.25) is 0 Å². The number of hydrogen-bond acceptors (Lipinski definition) is 1. The van der Waals surface area contributed by atoms with Crippen LogP contribution in [0.25, 0.3) is 6.20 Å². The van der Waals surface area contributed by atoms with Gasteiger partial charge in [-0.05, 0) is 6.92 Å². The minimum atomic E-state index is 0.630. The number of rotatable bonds is 1. The van der Waals surface area contributed by atoms with Crippen molar-refractivity contribution in [1.29, 1.82) is 0 Å². The van der Waals surface area contributed by atoms with E-state index in [4.69, 9.17) is 11.6 Å². The van der Waals surface area contributed by atoms with Gasteiger partial charge >= 0.3 is 0 Å². The third-order valence-corrected chi connectivity index (χ3v) is 1.55. The summed E-state index contributed by atoms with van der Waals surface area (Å²) in [5.41, 5.74) is 0.969. The van der Waals surface area contributed by atoms with Crippen molar-refractivity contribution in [2.75, 3.05) is 0 Å². The van der Waals surface area contributed by atoms with Crippen LogP contribution in [0, 0.1) is 6.92 Å². The van der Waals surface area contributed by atoms with Crippen molar-refractivity contribution in [2.24, 2.45) is 0 Å². The van der Waals surface area contributed by atoms with Gasteiger partial charge in [0.05, 0.1) is 6.20 Å². The van der Waals surface area contributed by atoms with E-state index < -0.39 is 0 Å². The van der Waals surface area contributed by atoms with Crippen LogP contribution in [0.1, 0.15) is 25.8 Å². The van der Waals surface area contributed by atoms with Crippen LogP contribution in [0.4, 0.5) is 0 Å². The summed E-state index contributed by atoms with van der Waals surface area (Å²) < 4.78 is 1.52. The zero-order chi connectivity index (χ0) is 9.56. The first-order valence-electron chi connectivity index (χ1n) is 3.99. The van der Waals surface area contributed by atoms with Gasteiger partial charge in [0.2, 0.25) is 0 Å². The van der Waals surface area contributed by atoms with E-state index in [1.807, 2.05) is 6.92 Å². The molecule has 0 unspecified atom stereocenters. The Kier molecular flexibility index (Phi) is 5.47. The highest BCUT2D eigenvalue weighted by atomic mass is 35.5. The zero-order valence-electron chi connectivity index (χ0n) is 7.84. The van der Waals surface area contributed by atoms with Gasteiger partial charge in [-0.1, -0.05) is 38.4 Å². The van der Waals surface area contributed by atoms with Crippen molar-refractivity contribution >= 4 is 17.8 Å². The molecule has 0 aromatic carbocycles. The molecule has 2 nitrogen and oxygen atoms in total. The quantitative estimate of drug-likeness (QED) is 0.658. The highest BCUT2D eigenvalue weighted by molar-refractivity contribution is 6.30. The van der Waals surface area contributed by atoms with Gasteiger partial charge in [-0.2, -0.15) is 5.10 Å². The zero-order valence-corrected chi connectivity index (χ0v) is 8.60. The average molecular weight is 187 g/mol. The summed E-state index contributed by atoms with van der Waals surface area (Å²) in [5, 5.41) is 4.53. The lowest BCUT2D eigenvalue weighted by Crippen LogP contribution is -1.85. The maximum Gasteiger partial charge on any atom is 0.135 e. The molecule has 12 heavy (non-hydrogen) atoms. The lowest BCUT2D eigenvalue weighted by atomic mass is 10.4. The molecular formula is C9H15ClN2. The molecule has 0 saturated carbocycles. The maximum atomic E-state index is 5.74. The van der Waals surface area contributed by atoms with E-state index in [2.05, 4.69) is 25.5 Å². The summed E-state index contributed by atoms with van der Waals surface area (Å²) in [4.78, 5) is 0. The predicted molar refractivity (Wildman–Crippen MR) is 54.3 cm³/mol. The summed E-state index contributed by atoms with van der Waals surface area (Å²) in [6, 6.07) is 0. The van der Waals surface area contributed by atoms with Crippen LogP contribution >= 0.6 is 11.6 Å². The summed E-state index contributed by atoms with van der Waals surface area (Å²) in [6.07, 6.45) is 4.51. The van der Waals surface area contributed by atoms with E-state index >= 15 is 0 Å². The molecule has 0 bridgehead atoms. The monoisotopic (exact) mass is 186 g/mol. The second-order valence-electron chi connectivity index (χ2n) is 2.45. The van der Waals surface area contributed by atoms with Crippen LogP contribution in [0.3, 0.4) is 0 Å². The molecule has 0 aliphatic heterocycles. The maximum absolute atomic E-state index is 5.74. The molecule has 1 rings (SSSR count). The Balaban J connectivity index is 0.000000354. The Morgan fingerprint density at radius 3 is 2.33 bits per heavy atom. The molecule has 1 aromatic heterocycles. The van der Waals surface area contributed by atoms with Crippen LogP contribution in [0.2, 0.25) is 5.15 Å². The van der Waals surface area contributed by atoms with Crippen molar-refractivity contribution in [2.45, 2.75) is 27.2 Å². The molecule has 1 aromatic rings. The highest BCUT2D eigenvalue weighted by Gasteiger charge is 1.98. The summed E-state index contributed by atoms with van der Waals surface area (Å²) in [6.45, 7) is 9.67. The Labute approximate surface area is 78.8 Å². The molecule has 0 spiro atoms. The Morgan fingerprint density at radius 2 is 2.17 bits per heavy atom. The van der Waals surface area contributed by atoms with Gasteiger partial charge in [0.1, 0.15) is 5.15 Å². The van der Waals surface area contributed by atoms with Gasteiger partial charge in [0.15, 0.2) is 0 Å². The van der Waals surface area contributed by atoms with E-state index in [1.165, 1.54) is 11.1 Å². The third-order valence-electron chi connectivity index (χ3n) is 1.08. The van der Waals surface area contributed by atoms with Crippen LogP contribution in [0.15, 0.2) is 12.8 Å². The molecule has 0 radical (unpaired) electrons. The minimum Gasteiger partial charge on any atom is -0.230 e.